The molecule has 0 bridgehead atoms. The van der Waals surface area contributed by atoms with Gasteiger partial charge in [0.25, 0.3) is 5.56 Å². The molecular weight excluding hydrogens is 425 g/mol. The molecule has 166 valence electrons. The van der Waals surface area contributed by atoms with E-state index in [2.05, 4.69) is 15.0 Å². The van der Waals surface area contributed by atoms with E-state index in [1.54, 1.807) is 4.57 Å². The lowest BCUT2D eigenvalue weighted by molar-refractivity contribution is -0.119. The molecule has 1 aromatic carbocycles. The van der Waals surface area contributed by atoms with Crippen molar-refractivity contribution >= 4 is 30.5 Å². The molecule has 0 radical (unpaired) electrons. The van der Waals surface area contributed by atoms with Crippen molar-refractivity contribution in [2.24, 2.45) is 0 Å². The molecule has 2 heterocycles. The number of aromatic nitrogens is 4. The van der Waals surface area contributed by atoms with E-state index in [0.717, 1.165) is 5.56 Å². The number of hydrogen-bond donors (Lipinski definition) is 2. The topological polar surface area (TPSA) is 151 Å². The number of imidazole rings is 1. The second kappa shape index (κ2) is 10.5. The number of carbonyl (C=O) groups excluding carboxylic acids is 1. The first-order chi connectivity index (χ1) is 14.9. The lowest BCUT2D eigenvalue weighted by Crippen LogP contribution is -2.14. The minimum atomic E-state index is -3.53. The second-order valence-corrected chi connectivity index (χ2v) is 8.93. The molecule has 3 rings (SSSR count). The Hall–Kier alpha value is -2.85. The number of Topliss-reactive ketones (excluding diaryl/α,β-unsaturated/α-hetero) is 1. The monoisotopic (exact) mass is 449 g/mol. The molecule has 12 heteroatoms. The van der Waals surface area contributed by atoms with E-state index < -0.39 is 13.2 Å². The average molecular weight is 449 g/mol. The van der Waals surface area contributed by atoms with Crippen molar-refractivity contribution < 1.29 is 23.1 Å². The molecule has 3 N–H and O–H groups in total. The number of carbonyl (C=O) groups is 1. The molecule has 0 aliphatic heterocycles. The molecule has 2 aromatic heterocycles. The number of nitrogens with zero attached hydrogens (tertiary/aromatic N) is 3. The predicted molar refractivity (Wildman–Crippen MR) is 114 cm³/mol. The Balaban J connectivity index is 1.52. The van der Waals surface area contributed by atoms with Crippen LogP contribution in [0.5, 0.6) is 0 Å². The van der Waals surface area contributed by atoms with E-state index in [-0.39, 0.29) is 49.8 Å². The average Bonchev–Trinajstić information content (AvgIpc) is 3.15. The summed E-state index contributed by atoms with van der Waals surface area (Å²) in [6.45, 7) is 1.83. The Labute approximate surface area is 178 Å². The molecule has 11 nitrogen and oxygen atoms in total. The van der Waals surface area contributed by atoms with Crippen LogP contribution in [0, 0.1) is 0 Å². The number of aromatic amines is 1. The van der Waals surface area contributed by atoms with Crippen molar-refractivity contribution in [2.45, 2.75) is 20.1 Å². The standard InChI is InChI=1S/C19H24N5O6P/c1-14(25)11-29-31(27,30-12-15-5-3-2-4-6-15)10-9-28-8-7-24-13-21-16-17(24)22-19(20)23-18(16)26/h2-6,13H,7-12H2,1H3,(H3,20,22,23,26). The molecule has 0 saturated carbocycles. The van der Waals surface area contributed by atoms with Gasteiger partial charge in [0, 0.05) is 6.54 Å². The van der Waals surface area contributed by atoms with Crippen molar-refractivity contribution in [3.63, 3.8) is 0 Å². The Bertz CT molecular complexity index is 1130. The van der Waals surface area contributed by atoms with Gasteiger partial charge in [0.15, 0.2) is 16.9 Å². The van der Waals surface area contributed by atoms with Gasteiger partial charge in [-0.25, -0.2) is 4.98 Å². The molecule has 0 amide bonds. The maximum absolute atomic E-state index is 13.0. The maximum atomic E-state index is 13.0. The van der Waals surface area contributed by atoms with E-state index in [4.69, 9.17) is 19.5 Å². The third kappa shape index (κ3) is 6.56. The summed E-state index contributed by atoms with van der Waals surface area (Å²) in [5.74, 6) is -0.252. The molecule has 0 saturated heterocycles. The van der Waals surface area contributed by atoms with Crippen molar-refractivity contribution in [1.82, 2.24) is 19.5 Å². The zero-order valence-electron chi connectivity index (χ0n) is 17.0. The van der Waals surface area contributed by atoms with Crippen molar-refractivity contribution in [3.8, 4) is 0 Å². The first-order valence-corrected chi connectivity index (χ1v) is 11.3. The van der Waals surface area contributed by atoms with Crippen LogP contribution in [-0.4, -0.2) is 51.3 Å². The molecule has 0 spiro atoms. The van der Waals surface area contributed by atoms with E-state index >= 15 is 0 Å². The summed E-state index contributed by atoms with van der Waals surface area (Å²) in [5, 5.41) is 0. The van der Waals surface area contributed by atoms with Gasteiger partial charge >= 0.3 is 7.60 Å². The number of hydrogen-bond acceptors (Lipinski definition) is 9. The number of rotatable bonds is 12. The first kappa shape index (κ1) is 22.8. The minimum absolute atomic E-state index is 0.000656. The van der Waals surface area contributed by atoms with Gasteiger partial charge in [-0.3, -0.25) is 19.1 Å². The van der Waals surface area contributed by atoms with Gasteiger partial charge in [-0.05, 0) is 12.5 Å². The Morgan fingerprint density at radius 1 is 1.23 bits per heavy atom. The van der Waals surface area contributed by atoms with Crippen molar-refractivity contribution in [3.05, 3.63) is 52.6 Å². The fraction of sp³-hybridized carbons (Fsp3) is 0.368. The summed E-state index contributed by atoms with van der Waals surface area (Å²) in [6.07, 6.45) is 1.46. The van der Waals surface area contributed by atoms with E-state index in [9.17, 15) is 14.2 Å². The normalized spacial score (nSPS) is 13.3. The lowest BCUT2D eigenvalue weighted by Gasteiger charge is -2.18. The van der Waals surface area contributed by atoms with Gasteiger partial charge < -0.3 is 24.1 Å². The number of nitrogens with two attached hydrogens (primary N) is 1. The Kier molecular flexibility index (Phi) is 7.69. The fourth-order valence-corrected chi connectivity index (χ4v) is 4.09. The van der Waals surface area contributed by atoms with Gasteiger partial charge in [-0.2, -0.15) is 4.98 Å². The largest absolute Gasteiger partial charge is 0.379 e. The van der Waals surface area contributed by atoms with Crippen LogP contribution in [0.25, 0.3) is 11.2 Å². The van der Waals surface area contributed by atoms with Gasteiger partial charge in [0.1, 0.15) is 6.61 Å². The van der Waals surface area contributed by atoms with E-state index in [0.29, 0.717) is 12.2 Å². The van der Waals surface area contributed by atoms with Gasteiger partial charge in [0.2, 0.25) is 5.95 Å². The third-order valence-corrected chi connectivity index (χ3v) is 5.99. The molecular formula is C19H24N5O6P. The number of ether oxygens (including phenoxy) is 1. The number of nitrogen functional groups attached to an aromatic ring is 1. The Morgan fingerprint density at radius 3 is 2.74 bits per heavy atom. The quantitative estimate of drug-likeness (QED) is 0.311. The summed E-state index contributed by atoms with van der Waals surface area (Å²) >= 11 is 0. The number of ketones is 1. The summed E-state index contributed by atoms with van der Waals surface area (Å²) in [7, 11) is -3.53. The lowest BCUT2D eigenvalue weighted by atomic mass is 10.2. The van der Waals surface area contributed by atoms with Crippen LogP contribution in [0.15, 0.2) is 41.5 Å². The molecule has 1 unspecified atom stereocenters. The molecule has 0 aliphatic carbocycles. The zero-order valence-corrected chi connectivity index (χ0v) is 17.9. The summed E-state index contributed by atoms with van der Waals surface area (Å²) in [5.41, 5.74) is 6.54. The second-order valence-electron chi connectivity index (χ2n) is 6.74. The molecule has 31 heavy (non-hydrogen) atoms. The summed E-state index contributed by atoms with van der Waals surface area (Å²) < 4.78 is 31.0. The van der Waals surface area contributed by atoms with Crippen molar-refractivity contribution in [1.29, 1.82) is 0 Å². The number of anilines is 1. The van der Waals surface area contributed by atoms with Crippen LogP contribution < -0.4 is 11.3 Å². The minimum Gasteiger partial charge on any atom is -0.379 e. The van der Waals surface area contributed by atoms with Crippen molar-refractivity contribution in [2.75, 3.05) is 31.7 Å². The Morgan fingerprint density at radius 2 is 2.00 bits per heavy atom. The van der Waals surface area contributed by atoms with E-state index in [1.165, 1.54) is 13.3 Å². The number of nitrogens with one attached hydrogen (secondary N) is 1. The molecule has 0 aliphatic rings. The van der Waals surface area contributed by atoms with E-state index in [1.807, 2.05) is 30.3 Å². The highest BCUT2D eigenvalue weighted by Crippen LogP contribution is 2.48. The van der Waals surface area contributed by atoms with Gasteiger partial charge in [-0.1, -0.05) is 30.3 Å². The van der Waals surface area contributed by atoms with Crippen LogP contribution >= 0.6 is 7.60 Å². The van der Waals surface area contributed by atoms with Crippen LogP contribution in [-0.2, 0) is 36.3 Å². The molecule has 3 aromatic rings. The smallest absolute Gasteiger partial charge is 0.333 e. The van der Waals surface area contributed by atoms with Gasteiger partial charge in [0.05, 0.1) is 32.3 Å². The SMILES string of the molecule is CC(=O)COP(=O)(CCOCCn1cnc2c(=O)[nH]c(N)nc21)OCc1ccccc1. The summed E-state index contributed by atoms with van der Waals surface area (Å²) in [4.78, 5) is 33.5. The van der Waals surface area contributed by atoms with Crippen LogP contribution in [0.3, 0.4) is 0 Å². The first-order valence-electron chi connectivity index (χ1n) is 9.56. The summed E-state index contributed by atoms with van der Waals surface area (Å²) in [6, 6.07) is 9.24. The number of H-pyrrole nitrogens is 1. The number of benzene rings is 1. The highest BCUT2D eigenvalue weighted by Gasteiger charge is 2.25. The number of fused-ring (bicyclic) bond motifs is 1. The predicted octanol–water partition coefficient (Wildman–Crippen LogP) is 1.73. The highest BCUT2D eigenvalue weighted by atomic mass is 31.2. The maximum Gasteiger partial charge on any atom is 0.333 e. The highest BCUT2D eigenvalue weighted by molar-refractivity contribution is 7.53. The third-order valence-electron chi connectivity index (χ3n) is 4.21. The van der Waals surface area contributed by atoms with Gasteiger partial charge in [-0.15, -0.1) is 0 Å². The zero-order chi connectivity index (χ0) is 22.3. The fourth-order valence-electron chi connectivity index (χ4n) is 2.68. The molecule has 1 atom stereocenters. The molecule has 0 fully saturated rings. The van der Waals surface area contributed by atoms with Crippen LogP contribution in [0.1, 0.15) is 12.5 Å². The van der Waals surface area contributed by atoms with Crippen LogP contribution in [0.2, 0.25) is 0 Å². The van der Waals surface area contributed by atoms with Crippen LogP contribution in [0.4, 0.5) is 5.95 Å².